The van der Waals surface area contributed by atoms with E-state index >= 15 is 0 Å². The van der Waals surface area contributed by atoms with E-state index in [2.05, 4.69) is 21.5 Å². The molecule has 1 N–H and O–H groups in total. The fraction of sp³-hybridized carbons (Fsp3) is 0.438. The fourth-order valence-electron chi connectivity index (χ4n) is 3.35. The number of anilines is 1. The van der Waals surface area contributed by atoms with Crippen molar-refractivity contribution in [2.24, 2.45) is 0 Å². The van der Waals surface area contributed by atoms with Gasteiger partial charge in [-0.3, -0.25) is 4.79 Å². The van der Waals surface area contributed by atoms with Crippen molar-refractivity contribution in [3.63, 3.8) is 0 Å². The van der Waals surface area contributed by atoms with Crippen molar-refractivity contribution >= 4 is 23.2 Å². The summed E-state index contributed by atoms with van der Waals surface area (Å²) >= 11 is 1.64. The molecule has 1 amide bonds. The molecule has 0 aromatic carbocycles. The molecule has 1 fully saturated rings. The van der Waals surface area contributed by atoms with E-state index in [1.54, 1.807) is 11.3 Å². The summed E-state index contributed by atoms with van der Waals surface area (Å²) in [6, 6.07) is 3.88. The summed E-state index contributed by atoms with van der Waals surface area (Å²) in [6.07, 6.45) is 4.92. The molecule has 23 heavy (non-hydrogen) atoms. The van der Waals surface area contributed by atoms with Gasteiger partial charge in [0, 0.05) is 23.7 Å². The molecule has 0 spiro atoms. The topological polar surface area (TPSA) is 63.1 Å². The molecule has 1 saturated heterocycles. The van der Waals surface area contributed by atoms with E-state index < -0.39 is 0 Å². The summed E-state index contributed by atoms with van der Waals surface area (Å²) in [5.74, 6) is 0.811. The van der Waals surface area contributed by atoms with Gasteiger partial charge in [0.1, 0.15) is 12.4 Å². The maximum absolute atomic E-state index is 13.2. The molecule has 0 aliphatic carbocycles. The van der Waals surface area contributed by atoms with Gasteiger partial charge in [-0.2, -0.15) is 10.1 Å². The summed E-state index contributed by atoms with van der Waals surface area (Å²) in [4.78, 5) is 20.5. The van der Waals surface area contributed by atoms with Crippen LogP contribution in [-0.2, 0) is 4.79 Å². The molecule has 0 radical (unpaired) electrons. The van der Waals surface area contributed by atoms with E-state index in [1.165, 1.54) is 12.7 Å². The lowest BCUT2D eigenvalue weighted by Crippen LogP contribution is -2.40. The standard InChI is InChI=1S/C16H19N5OS/c1-11-13(15(22)20-7-3-2-4-8-20)14(12-6-5-9-23-12)21-16(19-11)17-10-18-21/h5-6,9-10,14H,2-4,7-8H2,1H3,(H,17,18,19)/t14-/m1/s1. The molecule has 0 bridgehead atoms. The average molecular weight is 329 g/mol. The van der Waals surface area contributed by atoms with Crippen molar-refractivity contribution in [3.8, 4) is 0 Å². The second kappa shape index (κ2) is 5.81. The van der Waals surface area contributed by atoms with E-state index in [0.717, 1.165) is 42.1 Å². The van der Waals surface area contributed by atoms with Crippen molar-refractivity contribution in [3.05, 3.63) is 40.0 Å². The van der Waals surface area contributed by atoms with Crippen LogP contribution in [0.1, 0.15) is 37.1 Å². The van der Waals surface area contributed by atoms with Crippen LogP contribution in [0, 0.1) is 0 Å². The molecule has 4 rings (SSSR count). The molecule has 2 aliphatic heterocycles. The summed E-state index contributed by atoms with van der Waals surface area (Å²) in [7, 11) is 0. The summed E-state index contributed by atoms with van der Waals surface area (Å²) in [6.45, 7) is 3.64. The van der Waals surface area contributed by atoms with Crippen molar-refractivity contribution < 1.29 is 4.79 Å². The molecule has 0 unspecified atom stereocenters. The molecule has 120 valence electrons. The van der Waals surface area contributed by atoms with Crippen LogP contribution >= 0.6 is 11.3 Å². The number of carbonyl (C=O) groups excluding carboxylic acids is 1. The Bertz CT molecular complexity index is 742. The summed E-state index contributed by atoms with van der Waals surface area (Å²) < 4.78 is 1.82. The van der Waals surface area contributed by atoms with Gasteiger partial charge >= 0.3 is 0 Å². The Morgan fingerprint density at radius 1 is 1.35 bits per heavy atom. The molecule has 0 saturated carbocycles. The smallest absolute Gasteiger partial charge is 0.254 e. The lowest BCUT2D eigenvalue weighted by atomic mass is 9.99. The highest BCUT2D eigenvalue weighted by atomic mass is 32.1. The number of hydrogen-bond acceptors (Lipinski definition) is 5. The maximum atomic E-state index is 13.2. The number of carbonyl (C=O) groups is 1. The molecule has 4 heterocycles. The zero-order valence-electron chi connectivity index (χ0n) is 13.0. The zero-order valence-corrected chi connectivity index (χ0v) is 13.8. The SMILES string of the molecule is CC1=C(C(=O)N2CCCCC2)[C@@H](c2cccs2)n2ncnc2N1. The predicted molar refractivity (Wildman–Crippen MR) is 89.2 cm³/mol. The lowest BCUT2D eigenvalue weighted by Gasteiger charge is -2.33. The van der Waals surface area contributed by atoms with E-state index in [-0.39, 0.29) is 11.9 Å². The minimum Gasteiger partial charge on any atom is -0.339 e. The van der Waals surface area contributed by atoms with Gasteiger partial charge in [-0.15, -0.1) is 11.3 Å². The minimum atomic E-state index is -0.192. The molecular formula is C16H19N5OS. The van der Waals surface area contributed by atoms with Gasteiger partial charge in [0.05, 0.1) is 5.57 Å². The first-order valence-corrected chi connectivity index (χ1v) is 8.83. The number of nitrogens with one attached hydrogen (secondary N) is 1. The van der Waals surface area contributed by atoms with Gasteiger partial charge < -0.3 is 10.2 Å². The van der Waals surface area contributed by atoms with Crippen LogP contribution in [0.25, 0.3) is 0 Å². The average Bonchev–Trinajstić information content (AvgIpc) is 3.25. The number of rotatable bonds is 2. The Hall–Kier alpha value is -2.15. The van der Waals surface area contributed by atoms with Crippen LogP contribution in [0.15, 0.2) is 35.1 Å². The van der Waals surface area contributed by atoms with E-state index in [9.17, 15) is 4.79 Å². The van der Waals surface area contributed by atoms with Crippen molar-refractivity contribution in [1.82, 2.24) is 19.7 Å². The van der Waals surface area contributed by atoms with Crippen molar-refractivity contribution in [2.75, 3.05) is 18.4 Å². The number of piperidine rings is 1. The van der Waals surface area contributed by atoms with E-state index in [1.807, 2.05) is 28.0 Å². The number of amides is 1. The van der Waals surface area contributed by atoms with Gasteiger partial charge in [-0.05, 0) is 37.6 Å². The molecule has 1 atom stereocenters. The van der Waals surface area contributed by atoms with Gasteiger partial charge in [0.25, 0.3) is 5.91 Å². The monoisotopic (exact) mass is 329 g/mol. The largest absolute Gasteiger partial charge is 0.339 e. The molecule has 2 aliphatic rings. The number of nitrogens with zero attached hydrogens (tertiary/aromatic N) is 4. The number of thiophene rings is 1. The number of fused-ring (bicyclic) bond motifs is 1. The van der Waals surface area contributed by atoms with E-state index in [4.69, 9.17) is 0 Å². The van der Waals surface area contributed by atoms with Gasteiger partial charge in [-0.25, -0.2) is 4.68 Å². The number of aromatic nitrogens is 3. The normalized spacial score (nSPS) is 21.1. The highest BCUT2D eigenvalue weighted by Crippen LogP contribution is 2.37. The first-order valence-electron chi connectivity index (χ1n) is 7.95. The van der Waals surface area contributed by atoms with E-state index in [0.29, 0.717) is 5.95 Å². The highest BCUT2D eigenvalue weighted by molar-refractivity contribution is 7.10. The summed E-state index contributed by atoms with van der Waals surface area (Å²) in [5, 5.41) is 9.61. The van der Waals surface area contributed by atoms with Crippen LogP contribution in [0.4, 0.5) is 5.95 Å². The second-order valence-electron chi connectivity index (χ2n) is 5.96. The number of hydrogen-bond donors (Lipinski definition) is 1. The fourth-order valence-corrected chi connectivity index (χ4v) is 4.16. The van der Waals surface area contributed by atoms with Crippen LogP contribution in [0.5, 0.6) is 0 Å². The molecular weight excluding hydrogens is 310 g/mol. The quantitative estimate of drug-likeness (QED) is 0.920. The van der Waals surface area contributed by atoms with Crippen molar-refractivity contribution in [1.29, 1.82) is 0 Å². The van der Waals surface area contributed by atoms with Crippen LogP contribution in [-0.4, -0.2) is 38.7 Å². The maximum Gasteiger partial charge on any atom is 0.254 e. The van der Waals surface area contributed by atoms with Crippen LogP contribution < -0.4 is 5.32 Å². The highest BCUT2D eigenvalue weighted by Gasteiger charge is 2.36. The van der Waals surface area contributed by atoms with Gasteiger partial charge in [0.2, 0.25) is 5.95 Å². The molecule has 2 aromatic heterocycles. The lowest BCUT2D eigenvalue weighted by molar-refractivity contribution is -0.128. The Morgan fingerprint density at radius 2 is 2.17 bits per heavy atom. The Kier molecular flexibility index (Phi) is 3.65. The number of allylic oxidation sites excluding steroid dienone is 1. The minimum absolute atomic E-state index is 0.120. The predicted octanol–water partition coefficient (Wildman–Crippen LogP) is 2.64. The van der Waals surface area contributed by atoms with Crippen molar-refractivity contribution in [2.45, 2.75) is 32.2 Å². The first-order chi connectivity index (χ1) is 11.3. The Morgan fingerprint density at radius 3 is 2.91 bits per heavy atom. The Labute approximate surface area is 138 Å². The van der Waals surface area contributed by atoms with Gasteiger partial charge in [-0.1, -0.05) is 6.07 Å². The first kappa shape index (κ1) is 14.4. The van der Waals surface area contributed by atoms with Gasteiger partial charge in [0.15, 0.2) is 0 Å². The van der Waals surface area contributed by atoms with Crippen LogP contribution in [0.3, 0.4) is 0 Å². The molecule has 2 aromatic rings. The third-order valence-electron chi connectivity index (χ3n) is 4.48. The molecule has 7 heteroatoms. The molecule has 6 nitrogen and oxygen atoms in total. The third kappa shape index (κ3) is 2.45. The number of likely N-dealkylation sites (tertiary alicyclic amines) is 1. The second-order valence-corrected chi connectivity index (χ2v) is 6.94. The zero-order chi connectivity index (χ0) is 15.8. The summed E-state index contributed by atoms with van der Waals surface area (Å²) in [5.41, 5.74) is 1.66. The third-order valence-corrected chi connectivity index (χ3v) is 5.41. The Balaban J connectivity index is 1.77. The van der Waals surface area contributed by atoms with Crippen LogP contribution in [0.2, 0.25) is 0 Å².